The highest BCUT2D eigenvalue weighted by molar-refractivity contribution is 7.89. The average Bonchev–Trinajstić information content (AvgIpc) is 2.85. The number of carbonyl (C=O) groups is 1. The van der Waals surface area contributed by atoms with Crippen LogP contribution in [0.4, 0.5) is 11.5 Å². The number of anilines is 2. The molecular weight excluding hydrogens is 438 g/mol. The molecule has 1 fully saturated rings. The largest absolute Gasteiger partial charge is 0.352 e. The van der Waals surface area contributed by atoms with Gasteiger partial charge in [-0.15, -0.1) is 10.2 Å². The molecule has 2 heterocycles. The van der Waals surface area contributed by atoms with Crippen molar-refractivity contribution in [3.05, 3.63) is 66.2 Å². The van der Waals surface area contributed by atoms with Crippen molar-refractivity contribution >= 4 is 27.4 Å². The van der Waals surface area contributed by atoms with Crippen molar-refractivity contribution in [2.24, 2.45) is 0 Å². The Morgan fingerprint density at radius 2 is 1.58 bits per heavy atom. The summed E-state index contributed by atoms with van der Waals surface area (Å²) in [6.45, 7) is 5.58. The van der Waals surface area contributed by atoms with E-state index in [4.69, 9.17) is 0 Å². The molecule has 0 unspecified atom stereocenters. The van der Waals surface area contributed by atoms with E-state index in [-0.39, 0.29) is 10.8 Å². The molecule has 9 heteroatoms. The third kappa shape index (κ3) is 5.20. The van der Waals surface area contributed by atoms with Crippen molar-refractivity contribution in [2.75, 3.05) is 36.4 Å². The van der Waals surface area contributed by atoms with E-state index in [1.807, 2.05) is 48.2 Å². The minimum Gasteiger partial charge on any atom is -0.352 e. The van der Waals surface area contributed by atoms with Crippen LogP contribution >= 0.6 is 0 Å². The summed E-state index contributed by atoms with van der Waals surface area (Å²) in [4.78, 5) is 13.8. The fourth-order valence-electron chi connectivity index (χ4n) is 3.64. The quantitative estimate of drug-likeness (QED) is 0.600. The Morgan fingerprint density at radius 3 is 2.15 bits per heavy atom. The summed E-state index contributed by atoms with van der Waals surface area (Å²) in [6.07, 6.45) is 0.364. The van der Waals surface area contributed by atoms with Gasteiger partial charge in [-0.2, -0.15) is 4.31 Å². The van der Waals surface area contributed by atoms with E-state index in [2.05, 4.69) is 15.5 Å². The summed E-state index contributed by atoms with van der Waals surface area (Å²) < 4.78 is 27.6. The average molecular weight is 466 g/mol. The number of hydrogen-bond donors (Lipinski definition) is 1. The number of sulfonamides is 1. The number of aromatic nitrogens is 2. The van der Waals surface area contributed by atoms with Crippen LogP contribution in [0, 0.1) is 6.92 Å². The molecule has 33 heavy (non-hydrogen) atoms. The second-order valence-electron chi connectivity index (χ2n) is 7.96. The van der Waals surface area contributed by atoms with E-state index in [1.165, 1.54) is 22.0 Å². The van der Waals surface area contributed by atoms with E-state index in [9.17, 15) is 13.2 Å². The molecule has 1 aromatic heterocycles. The summed E-state index contributed by atoms with van der Waals surface area (Å²) >= 11 is 0. The maximum atomic E-state index is 13.0. The first kappa shape index (κ1) is 22.9. The number of amides is 1. The van der Waals surface area contributed by atoms with Gasteiger partial charge >= 0.3 is 0 Å². The molecule has 1 amide bonds. The van der Waals surface area contributed by atoms with Crippen molar-refractivity contribution < 1.29 is 13.2 Å². The van der Waals surface area contributed by atoms with Crippen molar-refractivity contribution in [1.82, 2.24) is 14.5 Å². The van der Waals surface area contributed by atoms with E-state index in [0.717, 1.165) is 17.1 Å². The van der Waals surface area contributed by atoms with Crippen molar-refractivity contribution in [3.63, 3.8) is 0 Å². The summed E-state index contributed by atoms with van der Waals surface area (Å²) in [6, 6.07) is 18.3. The van der Waals surface area contributed by atoms with E-state index in [1.54, 1.807) is 19.1 Å². The maximum absolute atomic E-state index is 13.0. The summed E-state index contributed by atoms with van der Waals surface area (Å²) in [7, 11) is -3.61. The van der Waals surface area contributed by atoms with Gasteiger partial charge in [-0.05, 0) is 43.3 Å². The van der Waals surface area contributed by atoms with Crippen LogP contribution in [-0.4, -0.2) is 55.0 Å². The third-order valence-corrected chi connectivity index (χ3v) is 7.57. The normalized spacial score (nSPS) is 14.8. The first-order valence-corrected chi connectivity index (χ1v) is 12.4. The highest BCUT2D eigenvalue weighted by Gasteiger charge is 2.29. The molecule has 0 bridgehead atoms. The highest BCUT2D eigenvalue weighted by Crippen LogP contribution is 2.23. The van der Waals surface area contributed by atoms with Crippen LogP contribution in [0.2, 0.25) is 0 Å². The Hall–Kier alpha value is -3.30. The Labute approximate surface area is 194 Å². The second kappa shape index (κ2) is 9.68. The molecule has 1 saturated heterocycles. The molecule has 2 aromatic carbocycles. The van der Waals surface area contributed by atoms with Crippen LogP contribution in [0.5, 0.6) is 0 Å². The number of carbonyl (C=O) groups excluding carboxylic acids is 1. The molecule has 8 nitrogen and oxygen atoms in total. The summed E-state index contributed by atoms with van der Waals surface area (Å²) in [5, 5.41) is 11.4. The van der Waals surface area contributed by atoms with E-state index >= 15 is 0 Å². The summed E-state index contributed by atoms with van der Waals surface area (Å²) in [5.74, 6) is 0.621. The fraction of sp³-hybridized carbons (Fsp3) is 0.292. The van der Waals surface area contributed by atoms with E-state index in [0.29, 0.717) is 38.3 Å². The Bertz CT molecular complexity index is 1200. The van der Waals surface area contributed by atoms with Gasteiger partial charge in [0.05, 0.1) is 10.6 Å². The minimum absolute atomic E-state index is 0.114. The standard InChI is InChI=1S/C24H27N5O3S/c1-3-24(30)25-20-8-10-21(11-9-20)33(31,32)29-16-14-28(15-17-29)23-13-12-22(26-27-23)19-6-4-18(2)5-7-19/h4-13H,3,14-17H2,1-2H3,(H,25,30). The molecule has 1 N–H and O–H groups in total. The Morgan fingerprint density at radius 1 is 0.909 bits per heavy atom. The van der Waals surface area contributed by atoms with Gasteiger partial charge in [-0.1, -0.05) is 36.8 Å². The number of nitrogens with one attached hydrogen (secondary N) is 1. The number of rotatable bonds is 6. The lowest BCUT2D eigenvalue weighted by Crippen LogP contribution is -2.49. The molecule has 3 aromatic rings. The lowest BCUT2D eigenvalue weighted by molar-refractivity contribution is -0.115. The van der Waals surface area contributed by atoms with Gasteiger partial charge in [0, 0.05) is 43.9 Å². The zero-order chi connectivity index (χ0) is 23.4. The second-order valence-corrected chi connectivity index (χ2v) is 9.90. The SMILES string of the molecule is CCC(=O)Nc1ccc(S(=O)(=O)N2CCN(c3ccc(-c4ccc(C)cc4)nn3)CC2)cc1. The Kier molecular flexibility index (Phi) is 6.71. The molecule has 0 atom stereocenters. The van der Waals surface area contributed by atoms with Gasteiger partial charge in [0.1, 0.15) is 0 Å². The van der Waals surface area contributed by atoms with E-state index < -0.39 is 10.0 Å². The number of aryl methyl sites for hydroxylation is 1. The maximum Gasteiger partial charge on any atom is 0.243 e. The zero-order valence-corrected chi connectivity index (χ0v) is 19.5. The number of hydrogen-bond acceptors (Lipinski definition) is 6. The molecule has 1 aliphatic heterocycles. The molecule has 0 saturated carbocycles. The van der Waals surface area contributed by atoms with Crippen LogP contribution in [-0.2, 0) is 14.8 Å². The lowest BCUT2D eigenvalue weighted by atomic mass is 10.1. The highest BCUT2D eigenvalue weighted by atomic mass is 32.2. The third-order valence-electron chi connectivity index (χ3n) is 5.66. The van der Waals surface area contributed by atoms with Gasteiger partial charge in [0.2, 0.25) is 15.9 Å². The lowest BCUT2D eigenvalue weighted by Gasteiger charge is -2.34. The number of piperazine rings is 1. The van der Waals surface area contributed by atoms with Gasteiger partial charge in [-0.25, -0.2) is 8.42 Å². The fourth-order valence-corrected chi connectivity index (χ4v) is 5.06. The van der Waals surface area contributed by atoms with Crippen LogP contribution in [0.1, 0.15) is 18.9 Å². The smallest absolute Gasteiger partial charge is 0.243 e. The molecular formula is C24H27N5O3S. The van der Waals surface area contributed by atoms with Crippen LogP contribution in [0.25, 0.3) is 11.3 Å². The molecule has 4 rings (SSSR count). The molecule has 0 aliphatic carbocycles. The molecule has 0 radical (unpaired) electrons. The molecule has 172 valence electrons. The van der Waals surface area contributed by atoms with Crippen LogP contribution in [0.3, 0.4) is 0 Å². The van der Waals surface area contributed by atoms with Gasteiger partial charge in [0.25, 0.3) is 0 Å². The minimum atomic E-state index is -3.61. The topological polar surface area (TPSA) is 95.5 Å². The predicted molar refractivity (Wildman–Crippen MR) is 129 cm³/mol. The number of nitrogens with zero attached hydrogens (tertiary/aromatic N) is 4. The van der Waals surface area contributed by atoms with Crippen LogP contribution in [0.15, 0.2) is 65.6 Å². The van der Waals surface area contributed by atoms with Crippen molar-refractivity contribution in [2.45, 2.75) is 25.2 Å². The summed E-state index contributed by atoms with van der Waals surface area (Å²) in [5.41, 5.74) is 3.59. The number of benzene rings is 2. The van der Waals surface area contributed by atoms with Crippen molar-refractivity contribution in [1.29, 1.82) is 0 Å². The molecule has 0 spiro atoms. The first-order valence-electron chi connectivity index (χ1n) is 10.9. The van der Waals surface area contributed by atoms with Gasteiger partial charge in [-0.3, -0.25) is 4.79 Å². The van der Waals surface area contributed by atoms with Gasteiger partial charge < -0.3 is 10.2 Å². The Balaban J connectivity index is 1.38. The molecule has 1 aliphatic rings. The predicted octanol–water partition coefficient (Wildman–Crippen LogP) is 3.31. The monoisotopic (exact) mass is 465 g/mol. The zero-order valence-electron chi connectivity index (χ0n) is 18.7. The van der Waals surface area contributed by atoms with Crippen LogP contribution < -0.4 is 10.2 Å². The van der Waals surface area contributed by atoms with Gasteiger partial charge in [0.15, 0.2) is 5.82 Å². The van der Waals surface area contributed by atoms with Crippen molar-refractivity contribution in [3.8, 4) is 11.3 Å². The first-order chi connectivity index (χ1) is 15.9.